The lowest BCUT2D eigenvalue weighted by molar-refractivity contribution is 0.0945. The van der Waals surface area contributed by atoms with E-state index in [2.05, 4.69) is 29.5 Å². The summed E-state index contributed by atoms with van der Waals surface area (Å²) >= 11 is 0. The van der Waals surface area contributed by atoms with Gasteiger partial charge in [-0.15, -0.1) is 0 Å². The zero-order valence-electron chi connectivity index (χ0n) is 12.8. The van der Waals surface area contributed by atoms with Gasteiger partial charge in [0.2, 0.25) is 0 Å². The zero-order chi connectivity index (χ0) is 15.9. The first-order chi connectivity index (χ1) is 10.6. The molecule has 22 heavy (non-hydrogen) atoms. The van der Waals surface area contributed by atoms with Gasteiger partial charge in [0.15, 0.2) is 0 Å². The van der Waals surface area contributed by atoms with Crippen LogP contribution < -0.4 is 10.6 Å². The van der Waals surface area contributed by atoms with Gasteiger partial charge in [-0.05, 0) is 31.5 Å². The van der Waals surface area contributed by atoms with Crippen LogP contribution in [-0.4, -0.2) is 16.9 Å². The highest BCUT2D eigenvalue weighted by Gasteiger charge is 2.09. The molecule has 116 valence electrons. The molecule has 0 saturated carbocycles. The molecular weight excluding hydrogens is 281 g/mol. The first-order valence-electron chi connectivity index (χ1n) is 7.34. The summed E-state index contributed by atoms with van der Waals surface area (Å²) in [5.41, 5.74) is 1.61. The largest absolute Gasteiger partial charge is 0.382 e. The summed E-state index contributed by atoms with van der Waals surface area (Å²) in [6.07, 6.45) is 2.57. The average Bonchev–Trinajstić information content (AvgIpc) is 2.54. The van der Waals surface area contributed by atoms with E-state index in [4.69, 9.17) is 0 Å². The summed E-state index contributed by atoms with van der Waals surface area (Å²) in [7, 11) is 0. The number of amides is 1. The molecule has 4 nitrogen and oxygen atoms in total. The van der Waals surface area contributed by atoms with Crippen molar-refractivity contribution in [1.82, 2.24) is 10.3 Å². The van der Waals surface area contributed by atoms with Gasteiger partial charge < -0.3 is 10.6 Å². The molecule has 2 rings (SSSR count). The predicted octanol–water partition coefficient (Wildman–Crippen LogP) is 3.36. The molecule has 1 atom stereocenters. The molecule has 5 heteroatoms. The van der Waals surface area contributed by atoms with Crippen LogP contribution in [0.25, 0.3) is 0 Å². The Morgan fingerprint density at radius 1 is 1.32 bits per heavy atom. The van der Waals surface area contributed by atoms with E-state index in [1.54, 1.807) is 30.5 Å². The van der Waals surface area contributed by atoms with Crippen molar-refractivity contribution in [1.29, 1.82) is 0 Å². The van der Waals surface area contributed by atoms with Crippen molar-refractivity contribution >= 4 is 11.6 Å². The van der Waals surface area contributed by atoms with Gasteiger partial charge >= 0.3 is 0 Å². The van der Waals surface area contributed by atoms with Gasteiger partial charge in [0.1, 0.15) is 11.5 Å². The third-order valence-electron chi connectivity index (χ3n) is 3.42. The number of pyridine rings is 1. The lowest BCUT2D eigenvalue weighted by atomic mass is 10.2. The number of carbonyl (C=O) groups is 1. The molecule has 1 amide bonds. The third kappa shape index (κ3) is 4.28. The van der Waals surface area contributed by atoms with Gasteiger partial charge in [0, 0.05) is 30.0 Å². The molecule has 1 unspecified atom stereocenters. The Bertz CT molecular complexity index is 645. The van der Waals surface area contributed by atoms with Crippen molar-refractivity contribution in [2.45, 2.75) is 32.9 Å². The summed E-state index contributed by atoms with van der Waals surface area (Å²) in [6, 6.07) is 10.2. The highest BCUT2D eigenvalue weighted by atomic mass is 19.1. The maximum absolute atomic E-state index is 13.5. The molecule has 0 aliphatic carbocycles. The van der Waals surface area contributed by atoms with Gasteiger partial charge in [-0.25, -0.2) is 4.39 Å². The quantitative estimate of drug-likeness (QED) is 0.860. The molecular formula is C17H20FN3O. The van der Waals surface area contributed by atoms with Crippen LogP contribution in [-0.2, 0) is 6.54 Å². The highest BCUT2D eigenvalue weighted by molar-refractivity contribution is 5.93. The van der Waals surface area contributed by atoms with E-state index >= 15 is 0 Å². The van der Waals surface area contributed by atoms with Crippen LogP contribution in [0, 0.1) is 5.82 Å². The van der Waals surface area contributed by atoms with E-state index in [0.717, 1.165) is 12.1 Å². The smallest absolute Gasteiger partial charge is 0.270 e. The van der Waals surface area contributed by atoms with Crippen LogP contribution in [0.5, 0.6) is 0 Å². The molecule has 1 aromatic heterocycles. The number of nitrogens with zero attached hydrogens (tertiary/aromatic N) is 1. The topological polar surface area (TPSA) is 54.0 Å². The van der Waals surface area contributed by atoms with Crippen molar-refractivity contribution in [3.05, 3.63) is 59.7 Å². The fourth-order valence-electron chi connectivity index (χ4n) is 1.94. The minimum atomic E-state index is -0.331. The number of hydrogen-bond donors (Lipinski definition) is 2. The Hall–Kier alpha value is -2.43. The van der Waals surface area contributed by atoms with Crippen LogP contribution >= 0.6 is 0 Å². The highest BCUT2D eigenvalue weighted by Crippen LogP contribution is 2.11. The monoisotopic (exact) mass is 301 g/mol. The molecule has 0 aliphatic heterocycles. The number of nitrogens with one attached hydrogen (secondary N) is 2. The molecule has 0 saturated heterocycles. The summed E-state index contributed by atoms with van der Waals surface area (Å²) in [5.74, 6) is -0.654. The second-order valence-corrected chi connectivity index (χ2v) is 5.16. The molecule has 2 N–H and O–H groups in total. The van der Waals surface area contributed by atoms with E-state index in [1.165, 1.54) is 6.07 Å². The summed E-state index contributed by atoms with van der Waals surface area (Å²) in [4.78, 5) is 16.2. The van der Waals surface area contributed by atoms with Gasteiger partial charge in [-0.1, -0.05) is 25.1 Å². The van der Waals surface area contributed by atoms with E-state index in [9.17, 15) is 9.18 Å². The summed E-state index contributed by atoms with van der Waals surface area (Å²) < 4.78 is 13.5. The lowest BCUT2D eigenvalue weighted by Crippen LogP contribution is -2.24. The van der Waals surface area contributed by atoms with Crippen molar-refractivity contribution in [3.63, 3.8) is 0 Å². The van der Waals surface area contributed by atoms with Crippen LogP contribution in [0.4, 0.5) is 10.1 Å². The van der Waals surface area contributed by atoms with Crippen molar-refractivity contribution < 1.29 is 9.18 Å². The molecule has 0 radical (unpaired) electrons. The van der Waals surface area contributed by atoms with E-state index in [0.29, 0.717) is 17.3 Å². The fourth-order valence-corrected chi connectivity index (χ4v) is 1.94. The average molecular weight is 301 g/mol. The van der Waals surface area contributed by atoms with Crippen molar-refractivity contribution in [2.75, 3.05) is 5.32 Å². The molecule has 0 bridgehead atoms. The number of rotatable bonds is 6. The zero-order valence-corrected chi connectivity index (χ0v) is 12.8. The summed E-state index contributed by atoms with van der Waals surface area (Å²) in [6.45, 7) is 4.29. The minimum absolute atomic E-state index is 0.135. The molecule has 1 aromatic carbocycles. The first-order valence-corrected chi connectivity index (χ1v) is 7.34. The van der Waals surface area contributed by atoms with E-state index in [1.807, 2.05) is 6.07 Å². The van der Waals surface area contributed by atoms with Gasteiger partial charge in [0.25, 0.3) is 5.91 Å². The minimum Gasteiger partial charge on any atom is -0.382 e. The Morgan fingerprint density at radius 3 is 2.82 bits per heavy atom. The number of hydrogen-bond acceptors (Lipinski definition) is 3. The second kappa shape index (κ2) is 7.54. The maximum atomic E-state index is 13.5. The Kier molecular flexibility index (Phi) is 5.47. The molecule has 1 heterocycles. The maximum Gasteiger partial charge on any atom is 0.270 e. The van der Waals surface area contributed by atoms with Crippen LogP contribution in [0.2, 0.25) is 0 Å². The summed E-state index contributed by atoms with van der Waals surface area (Å²) in [5, 5.41) is 5.97. The number of aromatic nitrogens is 1. The van der Waals surface area contributed by atoms with Gasteiger partial charge in [-0.2, -0.15) is 0 Å². The van der Waals surface area contributed by atoms with Gasteiger partial charge in [-0.3, -0.25) is 9.78 Å². The number of benzene rings is 1. The molecule has 0 aliphatic rings. The normalized spacial score (nSPS) is 11.8. The standard InChI is InChI=1S/C17H20FN3O/c1-3-12(2)21-14-8-9-19-16(10-14)17(22)20-11-13-6-4-5-7-15(13)18/h4-10,12H,3,11H2,1-2H3,(H,19,21)(H,20,22). The van der Waals surface area contributed by atoms with Crippen molar-refractivity contribution in [3.8, 4) is 0 Å². The third-order valence-corrected chi connectivity index (χ3v) is 3.42. The van der Waals surface area contributed by atoms with Crippen LogP contribution in [0.3, 0.4) is 0 Å². The number of halogens is 1. The Labute approximate surface area is 129 Å². The van der Waals surface area contributed by atoms with Gasteiger partial charge in [0.05, 0.1) is 0 Å². The first kappa shape index (κ1) is 15.9. The van der Waals surface area contributed by atoms with Crippen LogP contribution in [0.15, 0.2) is 42.6 Å². The predicted molar refractivity (Wildman–Crippen MR) is 85.2 cm³/mol. The number of anilines is 1. The van der Waals surface area contributed by atoms with Crippen molar-refractivity contribution in [2.24, 2.45) is 0 Å². The SMILES string of the molecule is CCC(C)Nc1ccnc(C(=O)NCc2ccccc2F)c1. The van der Waals surface area contributed by atoms with E-state index < -0.39 is 0 Å². The Morgan fingerprint density at radius 2 is 2.09 bits per heavy atom. The molecule has 0 fully saturated rings. The molecule has 2 aromatic rings. The van der Waals surface area contributed by atoms with Crippen LogP contribution in [0.1, 0.15) is 36.3 Å². The van der Waals surface area contributed by atoms with E-state index in [-0.39, 0.29) is 18.3 Å². The fraction of sp³-hybridized carbons (Fsp3) is 0.294. The molecule has 0 spiro atoms. The second-order valence-electron chi connectivity index (χ2n) is 5.16. The lowest BCUT2D eigenvalue weighted by Gasteiger charge is -2.13. The number of carbonyl (C=O) groups excluding carboxylic acids is 1. The Balaban J connectivity index is 2.00.